The summed E-state index contributed by atoms with van der Waals surface area (Å²) in [7, 11) is 0. The first-order valence-corrected chi connectivity index (χ1v) is 12.3. The van der Waals surface area contributed by atoms with Crippen LogP contribution in [0.2, 0.25) is 0 Å². The summed E-state index contributed by atoms with van der Waals surface area (Å²) in [4.78, 5) is 13.4. The number of hydrogen-bond donors (Lipinski definition) is 10. The molecule has 0 amide bonds. The van der Waals surface area contributed by atoms with Gasteiger partial charge in [0.15, 0.2) is 11.0 Å². The lowest BCUT2D eigenvalue weighted by Crippen LogP contribution is -2.55. The normalized spacial score (nSPS) is 32.8. The fourth-order valence-electron chi connectivity index (χ4n) is 5.11. The standard InChI is InChI=1S/C26H28O14/c27-6-13-18(32)21(35)23(37)26(40-13)15-19(33)14-10(29)5-12(8-1-3-9(28)4-2-8)39-24(14)16(20(15)34)25-22(36)17(31)11(30)7-38-25/h1-5,11,13,17-18,21-23,25-28,30-37H,6-7H2/t11-,13+,17-,18+,21-,22+,23+,25+,26-/m0/s1. The van der Waals surface area contributed by atoms with Crippen molar-refractivity contribution in [2.75, 3.05) is 13.2 Å². The lowest BCUT2D eigenvalue weighted by Gasteiger charge is -2.41. The van der Waals surface area contributed by atoms with Crippen molar-refractivity contribution in [2.24, 2.45) is 0 Å². The highest BCUT2D eigenvalue weighted by Crippen LogP contribution is 2.50. The molecule has 3 aromatic rings. The molecule has 5 rings (SSSR count). The van der Waals surface area contributed by atoms with E-state index in [1.165, 1.54) is 24.3 Å². The van der Waals surface area contributed by atoms with Crippen LogP contribution >= 0.6 is 0 Å². The molecule has 0 bridgehead atoms. The number of phenols is 3. The molecule has 0 saturated carbocycles. The van der Waals surface area contributed by atoms with Gasteiger partial charge in [-0.15, -0.1) is 0 Å². The number of phenolic OH excluding ortho intramolecular Hbond substituents is 3. The summed E-state index contributed by atoms with van der Waals surface area (Å²) in [5, 5.41) is 104. The number of rotatable bonds is 4. The van der Waals surface area contributed by atoms with E-state index < -0.39 is 107 Å². The van der Waals surface area contributed by atoms with Crippen LogP contribution in [0.15, 0.2) is 39.5 Å². The Morgan fingerprint density at radius 3 is 2.08 bits per heavy atom. The smallest absolute Gasteiger partial charge is 0.197 e. The van der Waals surface area contributed by atoms with Crippen molar-refractivity contribution in [2.45, 2.75) is 54.9 Å². The fourth-order valence-corrected chi connectivity index (χ4v) is 5.11. The van der Waals surface area contributed by atoms with E-state index in [9.17, 15) is 55.9 Å². The van der Waals surface area contributed by atoms with Crippen molar-refractivity contribution >= 4 is 11.0 Å². The Morgan fingerprint density at radius 2 is 1.43 bits per heavy atom. The molecule has 2 saturated heterocycles. The third-order valence-electron chi connectivity index (χ3n) is 7.31. The summed E-state index contributed by atoms with van der Waals surface area (Å²) >= 11 is 0. The molecule has 14 heteroatoms. The summed E-state index contributed by atoms with van der Waals surface area (Å²) in [6.07, 6.45) is -15.7. The van der Waals surface area contributed by atoms with Gasteiger partial charge in [0.2, 0.25) is 0 Å². The maximum atomic E-state index is 13.4. The first-order chi connectivity index (χ1) is 19.0. The van der Waals surface area contributed by atoms with Gasteiger partial charge >= 0.3 is 0 Å². The largest absolute Gasteiger partial charge is 0.508 e. The van der Waals surface area contributed by atoms with Gasteiger partial charge < -0.3 is 65.0 Å². The molecule has 1 aromatic heterocycles. The Kier molecular flexibility index (Phi) is 7.47. The molecule has 2 aliphatic rings. The summed E-state index contributed by atoms with van der Waals surface area (Å²) in [6.45, 7) is -1.34. The highest BCUT2D eigenvalue weighted by Gasteiger charge is 2.48. The number of hydrogen-bond acceptors (Lipinski definition) is 14. The van der Waals surface area contributed by atoms with Crippen molar-refractivity contribution in [3.63, 3.8) is 0 Å². The second-order valence-electron chi connectivity index (χ2n) is 9.80. The van der Waals surface area contributed by atoms with Crippen LogP contribution in [0.4, 0.5) is 0 Å². The van der Waals surface area contributed by atoms with Crippen molar-refractivity contribution in [3.05, 3.63) is 51.7 Å². The van der Waals surface area contributed by atoms with Crippen LogP contribution < -0.4 is 5.43 Å². The minimum Gasteiger partial charge on any atom is -0.508 e. The molecule has 9 atom stereocenters. The molecule has 2 aliphatic heterocycles. The van der Waals surface area contributed by atoms with E-state index in [0.717, 1.165) is 6.07 Å². The van der Waals surface area contributed by atoms with Crippen molar-refractivity contribution in [1.29, 1.82) is 0 Å². The van der Waals surface area contributed by atoms with Gasteiger partial charge in [-0.25, -0.2) is 0 Å². The number of aliphatic hydroxyl groups is 7. The number of benzene rings is 2. The Labute approximate surface area is 224 Å². The predicted octanol–water partition coefficient (Wildman–Crippen LogP) is -1.75. The Hall–Kier alpha value is -3.31. The van der Waals surface area contributed by atoms with E-state index in [0.29, 0.717) is 5.56 Å². The lowest BCUT2D eigenvalue weighted by molar-refractivity contribution is -0.232. The molecule has 3 heterocycles. The van der Waals surface area contributed by atoms with Gasteiger partial charge in [0.05, 0.1) is 24.3 Å². The van der Waals surface area contributed by atoms with Gasteiger partial charge in [0, 0.05) is 11.6 Å². The zero-order chi connectivity index (χ0) is 29.0. The molecule has 14 nitrogen and oxygen atoms in total. The summed E-state index contributed by atoms with van der Waals surface area (Å²) in [5.74, 6) is -2.01. The zero-order valence-corrected chi connectivity index (χ0v) is 20.6. The van der Waals surface area contributed by atoms with Crippen LogP contribution in [-0.2, 0) is 9.47 Å². The molecule has 0 radical (unpaired) electrons. The SMILES string of the molecule is O=c1cc(-c2ccc(O)cc2)oc2c([C@H]3OC[C@H](O)[C@H](O)[C@H]3O)c(O)c([C@@H]3O[C@H](CO)[C@@H](O)[C@H](O)[C@H]3O)c(O)c12. The monoisotopic (exact) mass is 564 g/mol. The number of ether oxygens (including phenoxy) is 2. The Balaban J connectivity index is 1.80. The van der Waals surface area contributed by atoms with Crippen molar-refractivity contribution < 1.29 is 65.0 Å². The average molecular weight is 564 g/mol. The maximum absolute atomic E-state index is 13.4. The number of aliphatic hydroxyl groups excluding tert-OH is 7. The van der Waals surface area contributed by atoms with Crippen molar-refractivity contribution in [3.8, 4) is 28.6 Å². The summed E-state index contributed by atoms with van der Waals surface area (Å²) in [5.41, 5.74) is -2.15. The van der Waals surface area contributed by atoms with E-state index >= 15 is 0 Å². The van der Waals surface area contributed by atoms with Crippen LogP contribution in [-0.4, -0.2) is 107 Å². The van der Waals surface area contributed by atoms with Crippen LogP contribution in [0.1, 0.15) is 23.3 Å². The molecule has 2 aromatic carbocycles. The minimum atomic E-state index is -1.98. The van der Waals surface area contributed by atoms with Gasteiger partial charge in [0.1, 0.15) is 83.3 Å². The molecule has 0 aliphatic carbocycles. The Bertz CT molecular complexity index is 1450. The number of fused-ring (bicyclic) bond motifs is 1. The number of aromatic hydroxyl groups is 3. The highest BCUT2D eigenvalue weighted by molar-refractivity contribution is 5.92. The second kappa shape index (κ2) is 10.6. The highest BCUT2D eigenvalue weighted by atomic mass is 16.5. The molecular weight excluding hydrogens is 536 g/mol. The van der Waals surface area contributed by atoms with E-state index in [4.69, 9.17) is 13.9 Å². The van der Waals surface area contributed by atoms with Gasteiger partial charge in [-0.1, -0.05) is 0 Å². The quantitative estimate of drug-likeness (QED) is 0.169. The third kappa shape index (κ3) is 4.49. The second-order valence-corrected chi connectivity index (χ2v) is 9.80. The molecule has 0 unspecified atom stereocenters. The molecule has 216 valence electrons. The predicted molar refractivity (Wildman–Crippen MR) is 132 cm³/mol. The van der Waals surface area contributed by atoms with Crippen LogP contribution in [0.3, 0.4) is 0 Å². The van der Waals surface area contributed by atoms with E-state index in [2.05, 4.69) is 0 Å². The fraction of sp³-hybridized carbons (Fsp3) is 0.423. The first-order valence-electron chi connectivity index (χ1n) is 12.3. The molecular formula is C26H28O14. The average Bonchev–Trinajstić information content (AvgIpc) is 2.92. The van der Waals surface area contributed by atoms with E-state index in [-0.39, 0.29) is 11.5 Å². The van der Waals surface area contributed by atoms with Crippen LogP contribution in [0.25, 0.3) is 22.3 Å². The summed E-state index contributed by atoms with van der Waals surface area (Å²) in [6, 6.07) is 6.50. The van der Waals surface area contributed by atoms with Crippen LogP contribution in [0, 0.1) is 0 Å². The van der Waals surface area contributed by atoms with Gasteiger partial charge in [-0.2, -0.15) is 0 Å². The van der Waals surface area contributed by atoms with Gasteiger partial charge in [0.25, 0.3) is 0 Å². The topological polar surface area (TPSA) is 251 Å². The Morgan fingerprint density at radius 1 is 0.775 bits per heavy atom. The van der Waals surface area contributed by atoms with E-state index in [1.807, 2.05) is 0 Å². The minimum absolute atomic E-state index is 0.0710. The molecule has 2 fully saturated rings. The van der Waals surface area contributed by atoms with Gasteiger partial charge in [-0.05, 0) is 24.3 Å². The van der Waals surface area contributed by atoms with Crippen molar-refractivity contribution in [1.82, 2.24) is 0 Å². The first kappa shape index (κ1) is 28.2. The summed E-state index contributed by atoms with van der Waals surface area (Å²) < 4.78 is 16.9. The molecule has 10 N–H and O–H groups in total. The third-order valence-corrected chi connectivity index (χ3v) is 7.31. The van der Waals surface area contributed by atoms with Gasteiger partial charge in [-0.3, -0.25) is 4.79 Å². The maximum Gasteiger partial charge on any atom is 0.197 e. The molecule has 0 spiro atoms. The molecule has 40 heavy (non-hydrogen) atoms. The lowest BCUT2D eigenvalue weighted by atomic mass is 9.85. The van der Waals surface area contributed by atoms with E-state index in [1.54, 1.807) is 0 Å². The zero-order valence-electron chi connectivity index (χ0n) is 20.6. The van der Waals surface area contributed by atoms with Crippen LogP contribution in [0.5, 0.6) is 17.2 Å².